The number of aliphatic hydroxyl groups is 1. The number of amides is 1. The Hall–Kier alpha value is -3.76. The smallest absolute Gasteiger partial charge is 0.300 e. The van der Waals surface area contributed by atoms with E-state index in [2.05, 4.69) is 20.9 Å². The van der Waals surface area contributed by atoms with Gasteiger partial charge < -0.3 is 5.11 Å². The first kappa shape index (κ1) is 20.5. The summed E-state index contributed by atoms with van der Waals surface area (Å²) >= 11 is 3.43. The summed E-state index contributed by atoms with van der Waals surface area (Å²) in [4.78, 5) is 31.6. The van der Waals surface area contributed by atoms with E-state index in [1.165, 1.54) is 4.90 Å². The fourth-order valence-corrected chi connectivity index (χ4v) is 3.84. The monoisotopic (exact) mass is 473 g/mol. The Morgan fingerprint density at radius 2 is 1.90 bits per heavy atom. The molecule has 4 rings (SSSR count). The molecule has 2 heterocycles. The Kier molecular flexibility index (Phi) is 5.40. The molecule has 0 spiro atoms. The SMILES string of the molecule is Cc1cc(/C(O)=C2/C(=O)C(=O)N(c3ccc(C#N)cc3)C2c2cccnc2)ccc1Br. The number of aromatic nitrogens is 1. The summed E-state index contributed by atoms with van der Waals surface area (Å²) in [6.07, 6.45) is 3.16. The van der Waals surface area contributed by atoms with Crippen LogP contribution < -0.4 is 4.90 Å². The van der Waals surface area contributed by atoms with Crippen molar-refractivity contribution in [3.8, 4) is 6.07 Å². The normalized spacial score (nSPS) is 17.6. The second-order valence-corrected chi connectivity index (χ2v) is 7.93. The predicted molar refractivity (Wildman–Crippen MR) is 119 cm³/mol. The first-order valence-electron chi connectivity index (χ1n) is 9.40. The zero-order valence-electron chi connectivity index (χ0n) is 16.4. The fraction of sp³-hybridized carbons (Fsp3) is 0.0833. The minimum Gasteiger partial charge on any atom is -0.507 e. The second-order valence-electron chi connectivity index (χ2n) is 7.08. The second kappa shape index (κ2) is 8.17. The average molecular weight is 474 g/mol. The van der Waals surface area contributed by atoms with Gasteiger partial charge in [-0.05, 0) is 60.5 Å². The summed E-state index contributed by atoms with van der Waals surface area (Å²) in [5.41, 5.74) is 2.77. The van der Waals surface area contributed by atoms with Crippen LogP contribution in [0, 0.1) is 18.3 Å². The Morgan fingerprint density at radius 3 is 2.52 bits per heavy atom. The number of ketones is 1. The zero-order chi connectivity index (χ0) is 22.1. The van der Waals surface area contributed by atoms with Gasteiger partial charge in [0.1, 0.15) is 5.76 Å². The zero-order valence-corrected chi connectivity index (χ0v) is 18.0. The van der Waals surface area contributed by atoms with Gasteiger partial charge in [0.05, 0.1) is 23.2 Å². The van der Waals surface area contributed by atoms with Crippen LogP contribution in [0.25, 0.3) is 5.76 Å². The first-order valence-corrected chi connectivity index (χ1v) is 10.2. The molecular weight excluding hydrogens is 458 g/mol. The van der Waals surface area contributed by atoms with Crippen LogP contribution in [0.5, 0.6) is 0 Å². The van der Waals surface area contributed by atoms with Gasteiger partial charge >= 0.3 is 0 Å². The van der Waals surface area contributed by atoms with Gasteiger partial charge in [0.25, 0.3) is 11.7 Å². The van der Waals surface area contributed by atoms with Gasteiger partial charge in [-0.1, -0.05) is 28.1 Å². The molecule has 0 saturated carbocycles. The van der Waals surface area contributed by atoms with Gasteiger partial charge in [-0.3, -0.25) is 19.5 Å². The molecule has 1 saturated heterocycles. The molecule has 1 unspecified atom stereocenters. The molecule has 1 amide bonds. The number of hydrogen-bond acceptors (Lipinski definition) is 5. The van der Waals surface area contributed by atoms with Gasteiger partial charge in [0.15, 0.2) is 0 Å². The molecule has 1 N–H and O–H groups in total. The van der Waals surface area contributed by atoms with Gasteiger partial charge in [0, 0.05) is 28.1 Å². The van der Waals surface area contributed by atoms with Crippen LogP contribution in [0.15, 0.2) is 77.0 Å². The maximum atomic E-state index is 13.1. The molecule has 3 aromatic rings. The van der Waals surface area contributed by atoms with Crippen molar-refractivity contribution < 1.29 is 14.7 Å². The molecule has 152 valence electrons. The van der Waals surface area contributed by atoms with E-state index in [0.29, 0.717) is 22.4 Å². The molecule has 31 heavy (non-hydrogen) atoms. The van der Waals surface area contributed by atoms with Crippen LogP contribution in [-0.2, 0) is 9.59 Å². The molecule has 2 aromatic carbocycles. The third-order valence-corrected chi connectivity index (χ3v) is 6.04. The van der Waals surface area contributed by atoms with Crippen LogP contribution in [0.1, 0.15) is 28.3 Å². The van der Waals surface area contributed by atoms with Crippen molar-refractivity contribution in [1.29, 1.82) is 5.26 Å². The number of rotatable bonds is 3. The molecule has 1 fully saturated rings. The highest BCUT2D eigenvalue weighted by Gasteiger charge is 2.47. The maximum absolute atomic E-state index is 13.1. The molecule has 1 atom stereocenters. The fourth-order valence-electron chi connectivity index (χ4n) is 3.60. The van der Waals surface area contributed by atoms with E-state index in [-0.39, 0.29) is 11.3 Å². The van der Waals surface area contributed by atoms with Crippen LogP contribution in [0.4, 0.5) is 5.69 Å². The minimum atomic E-state index is -0.856. The van der Waals surface area contributed by atoms with Gasteiger partial charge in [0.2, 0.25) is 0 Å². The molecule has 0 aliphatic carbocycles. The van der Waals surface area contributed by atoms with E-state index in [0.717, 1.165) is 10.0 Å². The van der Waals surface area contributed by atoms with Gasteiger partial charge in [-0.2, -0.15) is 5.26 Å². The number of nitrogens with zero attached hydrogens (tertiary/aromatic N) is 3. The number of nitriles is 1. The van der Waals surface area contributed by atoms with Crippen molar-refractivity contribution in [3.63, 3.8) is 0 Å². The summed E-state index contributed by atoms with van der Waals surface area (Å²) in [6, 6.07) is 16.2. The number of Topliss-reactive ketones (excluding diaryl/α,β-unsaturated/α-hetero) is 1. The molecule has 1 aliphatic heterocycles. The van der Waals surface area contributed by atoms with E-state index < -0.39 is 17.7 Å². The van der Waals surface area contributed by atoms with E-state index >= 15 is 0 Å². The number of hydrogen-bond donors (Lipinski definition) is 1. The lowest BCUT2D eigenvalue weighted by molar-refractivity contribution is -0.132. The summed E-state index contributed by atoms with van der Waals surface area (Å²) in [5.74, 6) is -1.79. The maximum Gasteiger partial charge on any atom is 0.300 e. The topological polar surface area (TPSA) is 94.3 Å². The van der Waals surface area contributed by atoms with Crippen LogP contribution in [0.2, 0.25) is 0 Å². The Morgan fingerprint density at radius 1 is 1.16 bits per heavy atom. The predicted octanol–water partition coefficient (Wildman–Crippen LogP) is 4.65. The first-order chi connectivity index (χ1) is 14.9. The Labute approximate surface area is 187 Å². The van der Waals surface area contributed by atoms with Crippen LogP contribution >= 0.6 is 15.9 Å². The average Bonchev–Trinajstić information content (AvgIpc) is 3.06. The van der Waals surface area contributed by atoms with Crippen molar-refractivity contribution in [1.82, 2.24) is 4.98 Å². The third-order valence-electron chi connectivity index (χ3n) is 5.15. The quantitative estimate of drug-likeness (QED) is 0.339. The van der Waals surface area contributed by atoms with Crippen molar-refractivity contribution in [2.45, 2.75) is 13.0 Å². The lowest BCUT2D eigenvalue weighted by Crippen LogP contribution is -2.29. The number of aryl methyl sites for hydroxylation is 1. The molecule has 1 aromatic heterocycles. The van der Waals surface area contributed by atoms with E-state index in [1.54, 1.807) is 67.0 Å². The summed E-state index contributed by atoms with van der Waals surface area (Å²) in [5, 5.41) is 20.2. The van der Waals surface area contributed by atoms with E-state index in [1.807, 2.05) is 13.0 Å². The number of carbonyl (C=O) groups is 2. The summed E-state index contributed by atoms with van der Waals surface area (Å²) in [7, 11) is 0. The number of benzene rings is 2. The van der Waals surface area contributed by atoms with Crippen molar-refractivity contribution in [2.24, 2.45) is 0 Å². The van der Waals surface area contributed by atoms with Crippen molar-refractivity contribution >= 4 is 39.1 Å². The highest BCUT2D eigenvalue weighted by atomic mass is 79.9. The largest absolute Gasteiger partial charge is 0.507 e. The van der Waals surface area contributed by atoms with E-state index in [4.69, 9.17) is 5.26 Å². The molecule has 1 aliphatic rings. The Bertz CT molecular complexity index is 1260. The molecule has 6 nitrogen and oxygen atoms in total. The van der Waals surface area contributed by atoms with Crippen LogP contribution in [-0.4, -0.2) is 21.8 Å². The minimum absolute atomic E-state index is 0.0101. The highest BCUT2D eigenvalue weighted by Crippen LogP contribution is 2.42. The molecule has 7 heteroatoms. The Balaban J connectivity index is 1.93. The van der Waals surface area contributed by atoms with Gasteiger partial charge in [-0.15, -0.1) is 0 Å². The highest BCUT2D eigenvalue weighted by molar-refractivity contribution is 9.10. The number of halogens is 1. The number of pyridine rings is 1. The van der Waals surface area contributed by atoms with Gasteiger partial charge in [-0.25, -0.2) is 0 Å². The molecule has 0 radical (unpaired) electrons. The lowest BCUT2D eigenvalue weighted by atomic mass is 9.95. The lowest BCUT2D eigenvalue weighted by Gasteiger charge is -2.25. The van der Waals surface area contributed by atoms with Crippen LogP contribution in [0.3, 0.4) is 0 Å². The molecule has 0 bridgehead atoms. The number of carbonyl (C=O) groups excluding carboxylic acids is 2. The third kappa shape index (κ3) is 3.62. The number of anilines is 1. The van der Waals surface area contributed by atoms with Crippen molar-refractivity contribution in [2.75, 3.05) is 4.90 Å². The summed E-state index contributed by atoms with van der Waals surface area (Å²) < 4.78 is 0.867. The summed E-state index contributed by atoms with van der Waals surface area (Å²) in [6.45, 7) is 1.87. The number of aliphatic hydroxyl groups excluding tert-OH is 1. The standard InChI is InChI=1S/C24H16BrN3O3/c1-14-11-16(6-9-19(14)25)22(29)20-21(17-3-2-10-27-13-17)28(24(31)23(20)30)18-7-4-15(12-26)5-8-18/h2-11,13,21,29H,1H3/b22-20-. The van der Waals surface area contributed by atoms with Crippen molar-refractivity contribution in [3.05, 3.63) is 99.3 Å². The van der Waals surface area contributed by atoms with E-state index in [9.17, 15) is 14.7 Å². The molecular formula is C24H16BrN3O3.